The highest BCUT2D eigenvalue weighted by Crippen LogP contribution is 2.35. The zero-order chi connectivity index (χ0) is 5.98. The largest absolute Gasteiger partial charge is 0.297 e. The van der Waals surface area contributed by atoms with E-state index >= 15 is 0 Å². The van der Waals surface area contributed by atoms with Gasteiger partial charge in [0.05, 0.1) is 4.91 Å². The molecule has 0 N–H and O–H groups in total. The van der Waals surface area contributed by atoms with Gasteiger partial charge in [-0.1, -0.05) is 8.93 Å². The molecule has 0 unspecified atom stereocenters. The van der Waals surface area contributed by atoms with Gasteiger partial charge in [-0.15, -0.1) is 0 Å². The Hall–Kier alpha value is 0.360. The van der Waals surface area contributed by atoms with Crippen LogP contribution in [0, 0.1) is 0 Å². The molecule has 0 spiro atoms. The molecule has 8 heavy (non-hydrogen) atoms. The summed E-state index contributed by atoms with van der Waals surface area (Å²) in [4.78, 5) is 11.0. The molecule has 0 saturated heterocycles. The van der Waals surface area contributed by atoms with Crippen LogP contribution in [0.25, 0.3) is 0 Å². The predicted octanol–water partition coefficient (Wildman–Crippen LogP) is 1.89. The van der Waals surface area contributed by atoms with Crippen molar-refractivity contribution in [2.45, 2.75) is 6.92 Å². The lowest BCUT2D eigenvalue weighted by molar-refractivity contribution is -0.104. The third kappa shape index (κ3) is 1.42. The minimum atomic E-state index is 0.142. The molecule has 1 nitrogen and oxygen atoms in total. The van der Waals surface area contributed by atoms with Gasteiger partial charge < -0.3 is 0 Å². The maximum atomic E-state index is 10.1. The summed E-state index contributed by atoms with van der Waals surface area (Å²) in [7, 11) is 1.72. The van der Waals surface area contributed by atoms with Gasteiger partial charge in [0.15, 0.2) is 6.29 Å². The van der Waals surface area contributed by atoms with Gasteiger partial charge in [0.25, 0.3) is 0 Å². The van der Waals surface area contributed by atoms with Crippen LogP contribution in [-0.4, -0.2) is 9.79 Å². The Morgan fingerprint density at radius 3 is 2.88 bits per heavy atom. The standard InChI is InChI=1S/C5H5IOS/c1-4-2-5(3-7)8-6-4/h2-3H,1H3. The average molecular weight is 240 g/mol. The van der Waals surface area contributed by atoms with Crippen LogP contribution in [0.1, 0.15) is 6.92 Å². The summed E-state index contributed by atoms with van der Waals surface area (Å²) in [5.41, 5.74) is 0. The molecule has 1 aliphatic rings. The van der Waals surface area contributed by atoms with Gasteiger partial charge in [0.1, 0.15) is 0 Å². The van der Waals surface area contributed by atoms with Crippen molar-refractivity contribution >= 4 is 38.1 Å². The number of aldehydes is 1. The number of halogens is 1. The Balaban J connectivity index is 2.69. The molecule has 0 aliphatic carbocycles. The molecule has 0 atom stereocenters. The quantitative estimate of drug-likeness (QED) is 0.514. The number of carbonyl (C=O) groups excluding carboxylic acids is 1. The van der Waals surface area contributed by atoms with E-state index in [1.807, 2.05) is 6.08 Å². The van der Waals surface area contributed by atoms with Crippen LogP contribution in [0.3, 0.4) is 0 Å². The van der Waals surface area contributed by atoms with Crippen LogP contribution >= 0.6 is 28.3 Å². The topological polar surface area (TPSA) is 17.1 Å². The fourth-order valence-electron chi connectivity index (χ4n) is 0.398. The van der Waals surface area contributed by atoms with Crippen molar-refractivity contribution in [3.8, 4) is 0 Å². The Bertz CT molecular complexity index is 171. The summed E-state index contributed by atoms with van der Waals surface area (Å²) in [5.74, 6) is 0. The van der Waals surface area contributed by atoms with Crippen molar-refractivity contribution < 1.29 is 4.79 Å². The summed E-state index contributed by atoms with van der Waals surface area (Å²) < 4.78 is 1.40. The van der Waals surface area contributed by atoms with E-state index in [-0.39, 0.29) is 19.3 Å². The molecule has 0 aromatic carbocycles. The number of rotatable bonds is 1. The van der Waals surface area contributed by atoms with Gasteiger partial charge >= 0.3 is 0 Å². The van der Waals surface area contributed by atoms with Crippen LogP contribution in [0.15, 0.2) is 11.0 Å². The molecular weight excluding hydrogens is 235 g/mol. The lowest BCUT2D eigenvalue weighted by Gasteiger charge is -1.76. The van der Waals surface area contributed by atoms with E-state index in [9.17, 15) is 4.79 Å². The highest BCUT2D eigenvalue weighted by atomic mass is 127. The second-order valence-corrected chi connectivity index (χ2v) is 6.53. The molecular formula is C5H5IOS. The SMILES string of the molecule is CC1=ISC(C=O)=C1. The average Bonchev–Trinajstić information content (AvgIpc) is 2.14. The maximum absolute atomic E-state index is 10.1. The number of hydrogen-bond acceptors (Lipinski definition) is 2. The summed E-state index contributed by atoms with van der Waals surface area (Å²) in [6.45, 7) is 2.08. The van der Waals surface area contributed by atoms with Gasteiger partial charge in [0.2, 0.25) is 0 Å². The van der Waals surface area contributed by atoms with Crippen LogP contribution in [0.4, 0.5) is 0 Å². The molecule has 3 heteroatoms. The highest BCUT2D eigenvalue weighted by Gasteiger charge is 2.01. The van der Waals surface area contributed by atoms with Crippen molar-refractivity contribution in [2.75, 3.05) is 0 Å². The number of carbonyl (C=O) groups is 1. The zero-order valence-electron chi connectivity index (χ0n) is 4.35. The van der Waals surface area contributed by atoms with E-state index in [1.165, 1.54) is 3.51 Å². The molecule has 0 bridgehead atoms. The Morgan fingerprint density at radius 1 is 1.88 bits per heavy atom. The smallest absolute Gasteiger partial charge is 0.157 e. The fourth-order valence-corrected chi connectivity index (χ4v) is 4.34. The molecule has 44 valence electrons. The first-order valence-corrected chi connectivity index (χ1v) is 6.59. The molecule has 1 heterocycles. The normalized spacial score (nSPS) is 18.6. The molecule has 1 rings (SSSR count). The number of hydrogen-bond donors (Lipinski definition) is 0. The molecule has 0 amide bonds. The summed E-state index contributed by atoms with van der Waals surface area (Å²) in [6.07, 6.45) is 2.91. The summed E-state index contributed by atoms with van der Waals surface area (Å²) >= 11 is 0.142. The summed E-state index contributed by atoms with van der Waals surface area (Å²) in [5, 5.41) is 0. The van der Waals surface area contributed by atoms with Crippen molar-refractivity contribution in [1.29, 1.82) is 0 Å². The lowest BCUT2D eigenvalue weighted by atomic mass is 10.4. The van der Waals surface area contributed by atoms with Gasteiger partial charge in [-0.25, -0.2) is 0 Å². The summed E-state index contributed by atoms with van der Waals surface area (Å²) in [6, 6.07) is 0. The van der Waals surface area contributed by atoms with E-state index in [0.717, 1.165) is 11.2 Å². The van der Waals surface area contributed by atoms with Crippen LogP contribution in [0.2, 0.25) is 0 Å². The molecule has 0 aromatic rings. The van der Waals surface area contributed by atoms with Crippen molar-refractivity contribution in [1.82, 2.24) is 0 Å². The second-order valence-electron chi connectivity index (χ2n) is 1.41. The van der Waals surface area contributed by atoms with E-state index in [2.05, 4.69) is 6.92 Å². The molecule has 1 aliphatic heterocycles. The monoisotopic (exact) mass is 240 g/mol. The fraction of sp³-hybridized carbons (Fsp3) is 0.200. The third-order valence-electron chi connectivity index (χ3n) is 0.707. The minimum Gasteiger partial charge on any atom is -0.297 e. The molecule has 0 fully saturated rings. The molecule has 0 radical (unpaired) electrons. The van der Waals surface area contributed by atoms with Gasteiger partial charge in [0, 0.05) is 0 Å². The highest BCUT2D eigenvalue weighted by molar-refractivity contribution is 14.2. The second kappa shape index (κ2) is 2.77. The first-order chi connectivity index (χ1) is 3.83. The number of allylic oxidation sites excluding steroid dienone is 2. The maximum Gasteiger partial charge on any atom is 0.157 e. The molecule has 0 aromatic heterocycles. The van der Waals surface area contributed by atoms with Gasteiger partial charge in [-0.2, -0.15) is 0 Å². The van der Waals surface area contributed by atoms with E-state index in [4.69, 9.17) is 0 Å². The van der Waals surface area contributed by atoms with Crippen LogP contribution in [0.5, 0.6) is 0 Å². The van der Waals surface area contributed by atoms with Gasteiger partial charge in [-0.3, -0.25) is 4.79 Å². The van der Waals surface area contributed by atoms with E-state index < -0.39 is 0 Å². The van der Waals surface area contributed by atoms with Crippen LogP contribution < -0.4 is 0 Å². The van der Waals surface area contributed by atoms with Gasteiger partial charge in [-0.05, 0) is 35.9 Å². The zero-order valence-corrected chi connectivity index (χ0v) is 7.32. The van der Waals surface area contributed by atoms with E-state index in [0.29, 0.717) is 0 Å². The predicted molar refractivity (Wildman–Crippen MR) is 46.4 cm³/mol. The van der Waals surface area contributed by atoms with E-state index in [1.54, 1.807) is 8.93 Å². The minimum absolute atomic E-state index is 0.142. The molecule has 0 saturated carbocycles. The first kappa shape index (κ1) is 6.48. The first-order valence-electron chi connectivity index (χ1n) is 2.15. The third-order valence-corrected chi connectivity index (χ3v) is 6.00. The lowest BCUT2D eigenvalue weighted by Crippen LogP contribution is -1.75. The van der Waals surface area contributed by atoms with Crippen molar-refractivity contribution in [3.63, 3.8) is 0 Å². The van der Waals surface area contributed by atoms with Crippen molar-refractivity contribution in [2.24, 2.45) is 0 Å². The van der Waals surface area contributed by atoms with Crippen molar-refractivity contribution in [3.05, 3.63) is 11.0 Å². The Kier molecular flexibility index (Phi) is 2.25. The van der Waals surface area contributed by atoms with Crippen LogP contribution in [-0.2, 0) is 4.79 Å². The Morgan fingerprint density at radius 2 is 2.62 bits per heavy atom. The Labute approximate surface area is 60.7 Å².